The zero-order valence-electron chi connectivity index (χ0n) is 19.5. The van der Waals surface area contributed by atoms with Crippen molar-refractivity contribution in [3.05, 3.63) is 83.5 Å². The average Bonchev–Trinajstić information content (AvgIpc) is 2.74. The van der Waals surface area contributed by atoms with Gasteiger partial charge < -0.3 is 16.0 Å². The van der Waals surface area contributed by atoms with Crippen LogP contribution in [0.2, 0.25) is 5.02 Å². The number of nitrogens with two attached hydrogens (primary N) is 1. The van der Waals surface area contributed by atoms with Crippen molar-refractivity contribution < 1.29 is 25.9 Å². The van der Waals surface area contributed by atoms with Crippen molar-refractivity contribution in [1.82, 2.24) is 4.90 Å². The summed E-state index contributed by atoms with van der Waals surface area (Å²) in [6.45, 7) is 11.0. The second-order valence-corrected chi connectivity index (χ2v) is 8.26. The molecule has 1 saturated heterocycles. The quantitative estimate of drug-likeness (QED) is 0.242. The fourth-order valence-electron chi connectivity index (χ4n) is 3.53. The molecule has 4 nitrogen and oxygen atoms in total. The second-order valence-electron chi connectivity index (χ2n) is 7.83. The maximum atomic E-state index is 11.0. The van der Waals surface area contributed by atoms with Crippen molar-refractivity contribution in [3.63, 3.8) is 0 Å². The fourth-order valence-corrected chi connectivity index (χ4v) is 3.72. The first-order valence-corrected chi connectivity index (χ1v) is 11.2. The van der Waals surface area contributed by atoms with E-state index in [9.17, 15) is 4.79 Å². The molecule has 174 valence electrons. The van der Waals surface area contributed by atoms with Gasteiger partial charge >= 0.3 is 21.1 Å². The van der Waals surface area contributed by atoms with Crippen molar-refractivity contribution in [2.24, 2.45) is 0 Å². The molecule has 6 heteroatoms. The summed E-state index contributed by atoms with van der Waals surface area (Å²) in [6, 6.07) is 13.3. The summed E-state index contributed by atoms with van der Waals surface area (Å²) in [4.78, 5) is 15.4. The molecule has 1 aliphatic heterocycles. The van der Waals surface area contributed by atoms with Crippen LogP contribution in [0, 0.1) is 13.8 Å². The van der Waals surface area contributed by atoms with E-state index in [0.717, 1.165) is 41.8 Å². The number of aldehydes is 1. The molecular formula is C26H36ClN3OW. The molecule has 1 aliphatic rings. The van der Waals surface area contributed by atoms with Crippen molar-refractivity contribution in [3.8, 4) is 0 Å². The van der Waals surface area contributed by atoms with Crippen LogP contribution in [0.5, 0.6) is 0 Å². The smallest absolute Gasteiger partial charge is 0.693 e. The average molecular weight is 626 g/mol. The molecule has 0 radical (unpaired) electrons. The number of piperidine rings is 1. The van der Waals surface area contributed by atoms with Crippen LogP contribution in [0.1, 0.15) is 54.9 Å². The van der Waals surface area contributed by atoms with Crippen LogP contribution in [0.4, 0.5) is 11.4 Å². The molecule has 0 amide bonds. The van der Waals surface area contributed by atoms with Crippen LogP contribution in [0.3, 0.4) is 0 Å². The Morgan fingerprint density at radius 2 is 1.84 bits per heavy atom. The Balaban J connectivity index is 0.000000913. The molecule has 2 aromatic rings. The zero-order valence-corrected chi connectivity index (χ0v) is 23.2. The van der Waals surface area contributed by atoms with E-state index in [4.69, 9.17) is 11.6 Å². The normalized spacial score (nSPS) is 13.7. The topological polar surface area (TPSA) is 57.0 Å². The van der Waals surface area contributed by atoms with Crippen LogP contribution in [0.25, 0.3) is 6.15 Å². The minimum atomic E-state index is 0. The van der Waals surface area contributed by atoms with Gasteiger partial charge in [-0.3, -0.25) is 4.79 Å². The van der Waals surface area contributed by atoms with Crippen molar-refractivity contribution in [2.75, 3.05) is 25.0 Å². The Labute approximate surface area is 213 Å². The van der Waals surface area contributed by atoms with Crippen LogP contribution in [-0.2, 0) is 21.1 Å². The molecule has 0 saturated carbocycles. The monoisotopic (exact) mass is 625 g/mol. The summed E-state index contributed by atoms with van der Waals surface area (Å²) in [5.41, 5.74) is 4.53. The number of hydrogen-bond donors (Lipinski definition) is 0. The van der Waals surface area contributed by atoms with Crippen molar-refractivity contribution >= 4 is 29.3 Å². The van der Waals surface area contributed by atoms with E-state index in [1.165, 1.54) is 32.4 Å². The van der Waals surface area contributed by atoms with Crippen LogP contribution in [0.15, 0.2) is 54.2 Å². The number of hydrogen-bond acceptors (Lipinski definition) is 3. The van der Waals surface area contributed by atoms with E-state index in [0.29, 0.717) is 10.6 Å². The molecule has 1 fully saturated rings. The Kier molecular flexibility index (Phi) is 15.3. The molecule has 3 rings (SSSR count). The Hall–Kier alpha value is -1.58. The van der Waals surface area contributed by atoms with Gasteiger partial charge in [-0.1, -0.05) is 43.9 Å². The van der Waals surface area contributed by atoms with Gasteiger partial charge in [0.1, 0.15) is 6.29 Å². The van der Waals surface area contributed by atoms with Gasteiger partial charge in [0.2, 0.25) is 0 Å². The number of likely N-dealkylation sites (tertiary alicyclic amines) is 1. The number of rotatable bonds is 6. The van der Waals surface area contributed by atoms with Gasteiger partial charge in [0.25, 0.3) is 0 Å². The number of aryl methyl sites for hydroxylation is 1. The predicted octanol–water partition coefficient (Wildman–Crippen LogP) is 7.93. The number of unbranched alkanes of at least 4 members (excludes halogenated alkanes) is 1. The molecule has 0 bridgehead atoms. The predicted molar refractivity (Wildman–Crippen MR) is 135 cm³/mol. The number of nitrogens with zero attached hydrogens (tertiary/aromatic N) is 2. The molecule has 2 aromatic carbocycles. The second kappa shape index (κ2) is 16.1. The summed E-state index contributed by atoms with van der Waals surface area (Å²) in [6.07, 6.45) is 9.27. The van der Waals surface area contributed by atoms with Gasteiger partial charge in [-0.15, -0.1) is 5.70 Å². The minimum absolute atomic E-state index is 0. The van der Waals surface area contributed by atoms with Gasteiger partial charge in [0.15, 0.2) is 0 Å². The van der Waals surface area contributed by atoms with Crippen LogP contribution < -0.4 is 4.90 Å². The zero-order chi connectivity index (χ0) is 21.9. The molecule has 32 heavy (non-hydrogen) atoms. The first-order valence-electron chi connectivity index (χ1n) is 10.8. The fraction of sp³-hybridized carbons (Fsp3) is 0.385. The van der Waals surface area contributed by atoms with E-state index >= 15 is 0 Å². The number of anilines is 2. The Morgan fingerprint density at radius 1 is 1.16 bits per heavy atom. The van der Waals surface area contributed by atoms with E-state index < -0.39 is 0 Å². The van der Waals surface area contributed by atoms with E-state index in [-0.39, 0.29) is 27.2 Å². The summed E-state index contributed by atoms with van der Waals surface area (Å²) in [5, 5.41) is 0.679. The van der Waals surface area contributed by atoms with E-state index in [1.54, 1.807) is 0 Å². The van der Waals surface area contributed by atoms with Crippen LogP contribution in [-0.4, -0.2) is 31.3 Å². The summed E-state index contributed by atoms with van der Waals surface area (Å²) in [5.74, 6) is 0. The molecule has 2 N–H and O–H groups in total. The number of benzene rings is 2. The van der Waals surface area contributed by atoms with Crippen molar-refractivity contribution in [1.29, 1.82) is 0 Å². The van der Waals surface area contributed by atoms with Gasteiger partial charge in [-0.2, -0.15) is 0 Å². The SMILES string of the molecule is CN1CCCCC1.[CH2-]/C(=C\CCC)N(c1cccc(Cl)c1)c1ccc(C=O)cc1C.[NH2-].[W+2]. The third-order valence-electron chi connectivity index (χ3n) is 5.20. The summed E-state index contributed by atoms with van der Waals surface area (Å²) >= 11 is 6.16. The minimum Gasteiger partial charge on any atom is -0.693 e. The maximum Gasteiger partial charge on any atom is 2.00 e. The van der Waals surface area contributed by atoms with E-state index in [1.807, 2.05) is 49.4 Å². The molecule has 1 heterocycles. The molecule has 0 aromatic heterocycles. The van der Waals surface area contributed by atoms with Gasteiger partial charge in [0, 0.05) is 22.0 Å². The standard InChI is InChI=1S/C20H21ClNO.C6H13N.H2N.W/c1-4-5-7-16(3)22(19-9-6-8-18(21)13-19)20-11-10-17(14-23)12-15(20)2;1-7-5-3-2-4-6-7;;/h6-14H,3-5H2,1-2H3;2-6H2,1H3;1H2;/q-1;;-1;+2/b16-7+;;;. The number of carbonyl (C=O) groups is 1. The van der Waals surface area contributed by atoms with Gasteiger partial charge in [0.05, 0.1) is 0 Å². The third-order valence-corrected chi connectivity index (χ3v) is 5.43. The largest absolute Gasteiger partial charge is 2.00 e. The van der Waals surface area contributed by atoms with E-state index in [2.05, 4.69) is 36.8 Å². The first kappa shape index (κ1) is 30.4. The number of halogens is 1. The summed E-state index contributed by atoms with van der Waals surface area (Å²) in [7, 11) is 2.19. The molecule has 0 atom stereocenters. The maximum absolute atomic E-state index is 11.0. The van der Waals surface area contributed by atoms with Gasteiger partial charge in [-0.25, -0.2) is 13.0 Å². The number of allylic oxidation sites excluding steroid dienone is 2. The first-order chi connectivity index (χ1) is 14.5. The molecule has 0 unspecified atom stereocenters. The number of carbonyl (C=O) groups excluding carboxylic acids is 1. The summed E-state index contributed by atoms with van der Waals surface area (Å²) < 4.78 is 0. The van der Waals surface area contributed by atoms with Gasteiger partial charge in [-0.05, 0) is 81.9 Å². The van der Waals surface area contributed by atoms with Crippen LogP contribution >= 0.6 is 11.6 Å². The Bertz CT molecular complexity index is 851. The Morgan fingerprint density at radius 3 is 2.34 bits per heavy atom. The molecule has 0 spiro atoms. The third kappa shape index (κ3) is 9.50. The molecule has 0 aliphatic carbocycles. The van der Waals surface area contributed by atoms with Crippen molar-refractivity contribution in [2.45, 2.75) is 46.0 Å². The molecular weight excluding hydrogens is 590 g/mol.